The molecule has 2 aromatic carbocycles. The Bertz CT molecular complexity index is 1180. The molecule has 2 heterocycles. The summed E-state index contributed by atoms with van der Waals surface area (Å²) in [5, 5.41) is 3.76. The number of piperidine rings is 1. The van der Waals surface area contributed by atoms with Crippen LogP contribution in [0.15, 0.2) is 48.5 Å². The van der Waals surface area contributed by atoms with Crippen molar-refractivity contribution >= 4 is 33.3 Å². The Morgan fingerprint density at radius 2 is 1.89 bits per heavy atom. The molecule has 4 rings (SSSR count). The van der Waals surface area contributed by atoms with Gasteiger partial charge in [0.1, 0.15) is 15.9 Å². The predicted molar refractivity (Wildman–Crippen MR) is 137 cm³/mol. The molecule has 1 N–H and O–H groups in total. The summed E-state index contributed by atoms with van der Waals surface area (Å²) < 4.78 is 23.6. The second-order valence-corrected chi connectivity index (χ2v) is 12.3. The standard InChI is InChI=1S/C26H32ClN3O4S/c1-35(33,34)14-11-24(30-18-21-6-2-3-8-23(21)26(30)32)25(31)28-16-19-9-12-29(13-10-19)17-20-5-4-7-22(27)15-20/h2-8,15,19,24H,9-14,16-18H2,1H3,(H,28,31)/t24-/m0/s1. The Hall–Kier alpha value is -2.42. The summed E-state index contributed by atoms with van der Waals surface area (Å²) in [6, 6.07) is 14.4. The summed E-state index contributed by atoms with van der Waals surface area (Å²) in [6.45, 7) is 3.56. The van der Waals surface area contributed by atoms with Gasteiger partial charge in [0.25, 0.3) is 5.91 Å². The van der Waals surface area contributed by atoms with E-state index in [-0.39, 0.29) is 24.0 Å². The lowest BCUT2D eigenvalue weighted by Gasteiger charge is -2.33. The minimum absolute atomic E-state index is 0.0858. The van der Waals surface area contributed by atoms with Crippen LogP contribution in [0.5, 0.6) is 0 Å². The van der Waals surface area contributed by atoms with Crippen LogP contribution in [0.4, 0.5) is 0 Å². The molecule has 2 amide bonds. The van der Waals surface area contributed by atoms with Crippen molar-refractivity contribution in [1.82, 2.24) is 15.1 Å². The highest BCUT2D eigenvalue weighted by Gasteiger charge is 2.36. The Labute approximate surface area is 212 Å². The molecular formula is C26H32ClN3O4S. The molecular weight excluding hydrogens is 486 g/mol. The largest absolute Gasteiger partial charge is 0.354 e. The Morgan fingerprint density at radius 3 is 2.57 bits per heavy atom. The van der Waals surface area contributed by atoms with Crippen LogP contribution < -0.4 is 5.32 Å². The second-order valence-electron chi connectivity index (χ2n) is 9.62. The highest BCUT2D eigenvalue weighted by molar-refractivity contribution is 7.90. The van der Waals surface area contributed by atoms with Crippen molar-refractivity contribution in [2.45, 2.75) is 38.4 Å². The molecule has 7 nitrogen and oxygen atoms in total. The smallest absolute Gasteiger partial charge is 0.255 e. The van der Waals surface area contributed by atoms with Crippen molar-refractivity contribution in [3.05, 3.63) is 70.2 Å². The lowest BCUT2D eigenvalue weighted by Crippen LogP contribution is -2.49. The number of halogens is 1. The van der Waals surface area contributed by atoms with Crippen molar-refractivity contribution < 1.29 is 18.0 Å². The summed E-state index contributed by atoms with van der Waals surface area (Å²) in [6.07, 6.45) is 3.16. The van der Waals surface area contributed by atoms with E-state index in [1.807, 2.05) is 30.3 Å². The Balaban J connectivity index is 1.32. The van der Waals surface area contributed by atoms with E-state index in [9.17, 15) is 18.0 Å². The normalized spacial score (nSPS) is 17.9. The van der Waals surface area contributed by atoms with Gasteiger partial charge < -0.3 is 10.2 Å². The third kappa shape index (κ3) is 6.84. The minimum Gasteiger partial charge on any atom is -0.354 e. The maximum Gasteiger partial charge on any atom is 0.255 e. The number of likely N-dealkylation sites (tertiary alicyclic amines) is 1. The fourth-order valence-corrected chi connectivity index (χ4v) is 5.75. The Morgan fingerprint density at radius 1 is 1.14 bits per heavy atom. The third-order valence-electron chi connectivity index (χ3n) is 6.86. The highest BCUT2D eigenvalue weighted by atomic mass is 35.5. The van der Waals surface area contributed by atoms with Crippen LogP contribution in [-0.4, -0.2) is 67.7 Å². The molecule has 1 fully saturated rings. The summed E-state index contributed by atoms with van der Waals surface area (Å²) >= 11 is 6.10. The molecule has 1 atom stereocenters. The average Bonchev–Trinajstić information content (AvgIpc) is 3.14. The summed E-state index contributed by atoms with van der Waals surface area (Å²) in [5.41, 5.74) is 2.63. The van der Waals surface area contributed by atoms with Crippen LogP contribution in [-0.2, 0) is 27.7 Å². The first-order valence-corrected chi connectivity index (χ1v) is 14.4. The zero-order valence-corrected chi connectivity index (χ0v) is 21.5. The van der Waals surface area contributed by atoms with E-state index in [1.54, 1.807) is 12.1 Å². The van der Waals surface area contributed by atoms with Gasteiger partial charge in [0.2, 0.25) is 5.91 Å². The van der Waals surface area contributed by atoms with Gasteiger partial charge in [-0.15, -0.1) is 0 Å². The molecule has 0 saturated carbocycles. The number of rotatable bonds is 9. The molecule has 35 heavy (non-hydrogen) atoms. The van der Waals surface area contributed by atoms with Crippen LogP contribution in [0, 0.1) is 5.92 Å². The molecule has 0 aromatic heterocycles. The van der Waals surface area contributed by atoms with Gasteiger partial charge in [0.05, 0.1) is 5.75 Å². The predicted octanol–water partition coefficient (Wildman–Crippen LogP) is 3.13. The average molecular weight is 518 g/mol. The number of carbonyl (C=O) groups excluding carboxylic acids is 2. The van der Waals surface area contributed by atoms with Crippen molar-refractivity contribution in [1.29, 1.82) is 0 Å². The SMILES string of the molecule is CS(=O)(=O)CC[C@@H](C(=O)NCC1CCN(Cc2cccc(Cl)c2)CC1)N1Cc2ccccc2C1=O. The molecule has 0 unspecified atom stereocenters. The zero-order chi connectivity index (χ0) is 25.0. The van der Waals surface area contributed by atoms with Crippen LogP contribution in [0.25, 0.3) is 0 Å². The van der Waals surface area contributed by atoms with Gasteiger partial charge in [-0.05, 0) is 67.6 Å². The molecule has 2 aliphatic heterocycles. The lowest BCUT2D eigenvalue weighted by atomic mass is 9.96. The molecule has 0 radical (unpaired) electrons. The van der Waals surface area contributed by atoms with E-state index >= 15 is 0 Å². The van der Waals surface area contributed by atoms with Crippen molar-refractivity contribution in [3.63, 3.8) is 0 Å². The number of amides is 2. The van der Waals surface area contributed by atoms with Crippen molar-refractivity contribution in [3.8, 4) is 0 Å². The van der Waals surface area contributed by atoms with Crippen LogP contribution in [0.1, 0.15) is 40.7 Å². The molecule has 9 heteroatoms. The van der Waals surface area contributed by atoms with Gasteiger partial charge in [-0.1, -0.05) is 41.9 Å². The number of nitrogens with zero attached hydrogens (tertiary/aromatic N) is 2. The number of hydrogen-bond donors (Lipinski definition) is 1. The van der Waals surface area contributed by atoms with Gasteiger partial charge in [-0.25, -0.2) is 8.42 Å². The lowest BCUT2D eigenvalue weighted by molar-refractivity contribution is -0.126. The van der Waals surface area contributed by atoms with E-state index < -0.39 is 15.9 Å². The molecule has 2 aliphatic rings. The van der Waals surface area contributed by atoms with Gasteiger partial charge >= 0.3 is 0 Å². The summed E-state index contributed by atoms with van der Waals surface area (Å²) in [4.78, 5) is 30.1. The Kier molecular flexibility index (Phi) is 8.14. The van der Waals surface area contributed by atoms with Gasteiger partial charge in [0, 0.05) is 36.5 Å². The first-order valence-electron chi connectivity index (χ1n) is 12.0. The summed E-state index contributed by atoms with van der Waals surface area (Å²) in [7, 11) is -3.27. The van der Waals surface area contributed by atoms with E-state index in [0.29, 0.717) is 24.6 Å². The maximum atomic E-state index is 13.2. The first-order chi connectivity index (χ1) is 16.7. The third-order valence-corrected chi connectivity index (χ3v) is 8.07. The van der Waals surface area contributed by atoms with Crippen LogP contribution >= 0.6 is 11.6 Å². The van der Waals surface area contributed by atoms with E-state index in [0.717, 1.165) is 49.3 Å². The molecule has 0 spiro atoms. The van der Waals surface area contributed by atoms with Crippen LogP contribution in [0.2, 0.25) is 5.02 Å². The van der Waals surface area contributed by atoms with Crippen molar-refractivity contribution in [2.24, 2.45) is 5.92 Å². The number of carbonyl (C=O) groups is 2. The van der Waals surface area contributed by atoms with Crippen molar-refractivity contribution in [2.75, 3.05) is 31.6 Å². The fraction of sp³-hybridized carbons (Fsp3) is 0.462. The topological polar surface area (TPSA) is 86.8 Å². The minimum atomic E-state index is -3.27. The van der Waals surface area contributed by atoms with Crippen LogP contribution in [0.3, 0.4) is 0 Å². The first kappa shape index (κ1) is 25.7. The number of hydrogen-bond acceptors (Lipinski definition) is 5. The summed E-state index contributed by atoms with van der Waals surface area (Å²) in [5.74, 6) is -0.302. The second kappa shape index (κ2) is 11.1. The number of fused-ring (bicyclic) bond motifs is 1. The maximum absolute atomic E-state index is 13.2. The van der Waals surface area contributed by atoms with E-state index in [2.05, 4.69) is 16.3 Å². The van der Waals surface area contributed by atoms with Gasteiger partial charge in [0.15, 0.2) is 0 Å². The molecule has 0 aliphatic carbocycles. The quantitative estimate of drug-likeness (QED) is 0.552. The van der Waals surface area contributed by atoms with E-state index in [1.165, 1.54) is 10.5 Å². The molecule has 1 saturated heterocycles. The zero-order valence-electron chi connectivity index (χ0n) is 20.0. The molecule has 2 aromatic rings. The molecule has 0 bridgehead atoms. The number of nitrogens with one attached hydrogen (secondary N) is 1. The monoisotopic (exact) mass is 517 g/mol. The highest BCUT2D eigenvalue weighted by Crippen LogP contribution is 2.26. The van der Waals surface area contributed by atoms with Gasteiger partial charge in [-0.2, -0.15) is 0 Å². The number of benzene rings is 2. The molecule has 188 valence electrons. The number of sulfone groups is 1. The van der Waals surface area contributed by atoms with Gasteiger partial charge in [-0.3, -0.25) is 14.5 Å². The van der Waals surface area contributed by atoms with E-state index in [4.69, 9.17) is 11.6 Å². The fourth-order valence-electron chi connectivity index (χ4n) is 4.89.